The van der Waals surface area contributed by atoms with Gasteiger partial charge in [-0.1, -0.05) is 104 Å². The molecule has 2 amide bonds. The maximum absolute atomic E-state index is 14.2. The second-order valence-corrected chi connectivity index (χ2v) is 25.3. The zero-order chi connectivity index (χ0) is 62.4. The summed E-state index contributed by atoms with van der Waals surface area (Å²) in [5, 5.41) is 38.8. The predicted molar refractivity (Wildman–Crippen MR) is 314 cm³/mol. The topological polar surface area (TPSA) is 235 Å². The quantitative estimate of drug-likeness (QED) is 0.0720. The van der Waals surface area contributed by atoms with Crippen LogP contribution in [0.4, 0.5) is 8.78 Å². The fourth-order valence-electron chi connectivity index (χ4n) is 11.2. The Hall–Kier alpha value is -6.77. The zero-order valence-corrected chi connectivity index (χ0v) is 51.0. The van der Waals surface area contributed by atoms with Crippen molar-refractivity contribution in [3.05, 3.63) is 117 Å². The SMILES string of the molecule is CC(=O)OCC(=O)N1Cc2c(nc(C(C)C)c(/C=C/[C@@H]3C[C@H](CC(=O)OC(C)(C)C)OC(C)(C)O3)c2-c2ccc(F)cc2)C(C)(C)C1.CC(C)c1nc2c(c(-c3ccc(F)cc3)c1/C=C/[C@@H](O)C[C@@H](O)CC(=O)O)CN(C(=O)CO)CC2(C)C. The largest absolute Gasteiger partial charge is 0.481 e. The van der Waals surface area contributed by atoms with Crippen molar-refractivity contribution in [1.29, 1.82) is 0 Å². The smallest absolute Gasteiger partial charge is 0.308 e. The van der Waals surface area contributed by atoms with E-state index < -0.39 is 77.2 Å². The molecule has 4 aromatic rings. The van der Waals surface area contributed by atoms with E-state index in [9.17, 15) is 48.1 Å². The minimum Gasteiger partial charge on any atom is -0.481 e. The van der Waals surface area contributed by atoms with Crippen molar-refractivity contribution in [3.63, 3.8) is 0 Å². The molecule has 1 fully saturated rings. The van der Waals surface area contributed by atoms with Gasteiger partial charge in [0.1, 0.15) is 23.8 Å². The molecule has 0 saturated carbocycles. The van der Waals surface area contributed by atoms with Crippen LogP contribution in [0.5, 0.6) is 0 Å². The number of ether oxygens (including phenoxy) is 4. The van der Waals surface area contributed by atoms with Gasteiger partial charge < -0.3 is 49.2 Å². The Morgan fingerprint density at radius 3 is 1.67 bits per heavy atom. The number of carboxylic acids is 1. The van der Waals surface area contributed by atoms with Gasteiger partial charge in [0.25, 0.3) is 5.91 Å². The molecule has 17 nitrogen and oxygen atoms in total. The Bertz CT molecular complexity index is 3110. The highest BCUT2D eigenvalue weighted by Gasteiger charge is 2.41. The van der Waals surface area contributed by atoms with Crippen LogP contribution in [0.15, 0.2) is 60.7 Å². The number of aliphatic hydroxyl groups excluding tert-OH is 3. The number of pyridine rings is 2. The molecule has 2 aromatic carbocycles. The molecule has 2 aromatic heterocycles. The number of amides is 2. The van der Waals surface area contributed by atoms with Crippen LogP contribution >= 0.6 is 0 Å². The first-order valence-electron chi connectivity index (χ1n) is 28.6. The number of benzene rings is 2. The Kier molecular flexibility index (Phi) is 21.4. The summed E-state index contributed by atoms with van der Waals surface area (Å²) in [5.41, 5.74) is 7.87. The molecule has 0 unspecified atom stereocenters. The van der Waals surface area contributed by atoms with Gasteiger partial charge >= 0.3 is 17.9 Å². The number of nitrogens with zero attached hydrogens (tertiary/aromatic N) is 4. The fraction of sp³-hybridized carbons (Fsp3) is 0.523. The van der Waals surface area contributed by atoms with E-state index in [1.165, 1.54) is 37.3 Å². The van der Waals surface area contributed by atoms with Crippen molar-refractivity contribution in [2.45, 2.75) is 194 Å². The lowest BCUT2D eigenvalue weighted by Gasteiger charge is -2.41. The summed E-state index contributed by atoms with van der Waals surface area (Å²) in [6, 6.07) is 12.3. The Morgan fingerprint density at radius 1 is 0.750 bits per heavy atom. The van der Waals surface area contributed by atoms with Crippen molar-refractivity contribution in [3.8, 4) is 22.3 Å². The highest BCUT2D eigenvalue weighted by molar-refractivity contribution is 5.85. The van der Waals surface area contributed by atoms with Gasteiger partial charge in [-0.15, -0.1) is 0 Å². The Labute approximate surface area is 492 Å². The highest BCUT2D eigenvalue weighted by Crippen LogP contribution is 2.45. The first-order valence-corrected chi connectivity index (χ1v) is 28.6. The number of fused-ring (bicyclic) bond motifs is 2. The summed E-state index contributed by atoms with van der Waals surface area (Å²) in [6.45, 7) is 26.9. The van der Waals surface area contributed by atoms with Crippen LogP contribution < -0.4 is 0 Å². The van der Waals surface area contributed by atoms with E-state index in [0.29, 0.717) is 30.6 Å². The number of aromatic nitrogens is 2. The monoisotopic (exact) mass is 1170 g/mol. The van der Waals surface area contributed by atoms with Crippen LogP contribution in [0.3, 0.4) is 0 Å². The number of aliphatic carboxylic acids is 1. The third-order valence-corrected chi connectivity index (χ3v) is 14.6. The zero-order valence-electron chi connectivity index (χ0n) is 51.0. The lowest BCUT2D eigenvalue weighted by molar-refractivity contribution is -0.290. The Morgan fingerprint density at radius 2 is 1.23 bits per heavy atom. The molecule has 0 aliphatic carbocycles. The van der Waals surface area contributed by atoms with E-state index in [1.54, 1.807) is 40.1 Å². The van der Waals surface area contributed by atoms with Crippen LogP contribution in [0, 0.1) is 11.6 Å². The first-order chi connectivity index (χ1) is 39.1. The first kappa shape index (κ1) is 66.4. The van der Waals surface area contributed by atoms with E-state index in [1.807, 2.05) is 88.3 Å². The maximum Gasteiger partial charge on any atom is 0.308 e. The molecule has 4 atom stereocenters. The molecule has 5 heterocycles. The van der Waals surface area contributed by atoms with Gasteiger partial charge in [0.15, 0.2) is 12.4 Å². The number of carbonyl (C=O) groups is 5. The second-order valence-electron chi connectivity index (χ2n) is 25.3. The van der Waals surface area contributed by atoms with Gasteiger partial charge in [-0.2, -0.15) is 0 Å². The number of esters is 2. The number of hydrogen-bond donors (Lipinski definition) is 4. The van der Waals surface area contributed by atoms with Gasteiger partial charge in [-0.25, -0.2) is 8.78 Å². The van der Waals surface area contributed by atoms with E-state index >= 15 is 0 Å². The number of hydrogen-bond acceptors (Lipinski definition) is 14. The minimum atomic E-state index is -1.21. The number of aliphatic hydroxyl groups is 3. The Balaban J connectivity index is 0.000000277. The number of carboxylic acid groups (broad SMARTS) is 1. The second kappa shape index (κ2) is 27.1. The van der Waals surface area contributed by atoms with Gasteiger partial charge in [-0.05, 0) is 93.0 Å². The molecule has 0 bridgehead atoms. The molecule has 456 valence electrons. The van der Waals surface area contributed by atoms with Gasteiger partial charge in [0, 0.05) is 79.0 Å². The average Bonchev–Trinajstić information content (AvgIpc) is 1.02. The van der Waals surface area contributed by atoms with E-state index in [2.05, 4.69) is 13.8 Å². The third-order valence-electron chi connectivity index (χ3n) is 14.6. The lowest BCUT2D eigenvalue weighted by atomic mass is 9.77. The molecule has 3 aliphatic heterocycles. The van der Waals surface area contributed by atoms with Gasteiger partial charge in [0.05, 0.1) is 60.0 Å². The minimum absolute atomic E-state index is 0.0215. The molecule has 4 N–H and O–H groups in total. The molecular weight excluding hydrogens is 1080 g/mol. The number of halogens is 2. The summed E-state index contributed by atoms with van der Waals surface area (Å²) < 4.78 is 51.0. The van der Waals surface area contributed by atoms with Crippen molar-refractivity contribution < 1.29 is 72.1 Å². The lowest BCUT2D eigenvalue weighted by Crippen LogP contribution is -2.47. The fourth-order valence-corrected chi connectivity index (χ4v) is 11.2. The van der Waals surface area contributed by atoms with Crippen molar-refractivity contribution in [2.24, 2.45) is 0 Å². The average molecular weight is 1170 g/mol. The van der Waals surface area contributed by atoms with Gasteiger partial charge in [0.2, 0.25) is 5.91 Å². The highest BCUT2D eigenvalue weighted by atomic mass is 19.1. The number of rotatable bonds is 17. The van der Waals surface area contributed by atoms with E-state index in [0.717, 1.165) is 56.2 Å². The van der Waals surface area contributed by atoms with Crippen molar-refractivity contribution in [2.75, 3.05) is 26.3 Å². The van der Waals surface area contributed by atoms with Crippen LogP contribution in [0.25, 0.3) is 34.4 Å². The molecule has 0 radical (unpaired) electrons. The van der Waals surface area contributed by atoms with E-state index in [4.69, 9.17) is 34.0 Å². The molecule has 7 rings (SSSR count). The maximum atomic E-state index is 14.2. The van der Waals surface area contributed by atoms with Crippen molar-refractivity contribution >= 4 is 41.9 Å². The molecule has 84 heavy (non-hydrogen) atoms. The van der Waals surface area contributed by atoms with Gasteiger partial charge in [-0.3, -0.25) is 33.9 Å². The van der Waals surface area contributed by atoms with Crippen LogP contribution in [0.1, 0.15) is 179 Å². The molecule has 19 heteroatoms. The summed E-state index contributed by atoms with van der Waals surface area (Å²) in [5.74, 6) is -4.41. The summed E-state index contributed by atoms with van der Waals surface area (Å²) in [6.07, 6.45) is 3.90. The molecule has 1 saturated heterocycles. The van der Waals surface area contributed by atoms with Crippen LogP contribution in [-0.2, 0) is 66.8 Å². The summed E-state index contributed by atoms with van der Waals surface area (Å²) in [4.78, 5) is 74.3. The third kappa shape index (κ3) is 17.2. The normalized spacial score (nSPS) is 18.9. The molecule has 0 spiro atoms. The standard InChI is InChI=1S/C37H49FN2O7.C28H35FN2O6/c1-22(2)33-28(16-15-26-17-27(46-37(9,10)45-26)18-31(43)47-35(4,5)6)32(24-11-13-25(38)14-12-24)29-19-40(30(42)20-44-23(3)41)21-36(7,8)34(29)39-33;1-16(2)26-21(10-9-19(33)11-20(34)12-24(36)37)25(17-5-7-18(29)8-6-17)22-13-31(23(35)14-32)15-28(3,4)27(22)30-26/h11-16,22,26-27H,17-21H2,1-10H3;5-10,16,19-20,32-34H,11-15H2,1-4H3,(H,36,37)/b16-15+;10-9+/t26-,27-;19-,20-/m11/s1. The molecule has 3 aliphatic rings. The molecular formula is C65H84F2N4O13. The summed E-state index contributed by atoms with van der Waals surface area (Å²) in [7, 11) is 0. The van der Waals surface area contributed by atoms with Crippen LogP contribution in [0.2, 0.25) is 0 Å². The number of carbonyl (C=O) groups excluding carboxylic acids is 4. The van der Waals surface area contributed by atoms with Crippen LogP contribution in [-0.4, -0.2) is 132 Å². The van der Waals surface area contributed by atoms with Crippen molar-refractivity contribution in [1.82, 2.24) is 19.8 Å². The predicted octanol–water partition coefficient (Wildman–Crippen LogP) is 10.1. The van der Waals surface area contributed by atoms with E-state index in [-0.39, 0.29) is 68.2 Å². The summed E-state index contributed by atoms with van der Waals surface area (Å²) >= 11 is 0.